The van der Waals surface area contributed by atoms with Crippen molar-refractivity contribution in [1.29, 1.82) is 0 Å². The van der Waals surface area contributed by atoms with Gasteiger partial charge < -0.3 is 25.0 Å². The van der Waals surface area contributed by atoms with Crippen molar-refractivity contribution in [3.8, 4) is 0 Å². The lowest BCUT2D eigenvalue weighted by Gasteiger charge is -2.36. The summed E-state index contributed by atoms with van der Waals surface area (Å²) in [4.78, 5) is 26.8. The van der Waals surface area contributed by atoms with Gasteiger partial charge in [0, 0.05) is 19.1 Å². The summed E-state index contributed by atoms with van der Waals surface area (Å²) in [6.45, 7) is 2.63. The lowest BCUT2D eigenvalue weighted by atomic mass is 10.1. The Morgan fingerprint density at radius 1 is 1.37 bits per heavy atom. The molecule has 0 aromatic carbocycles. The van der Waals surface area contributed by atoms with Gasteiger partial charge in [-0.25, -0.2) is 9.59 Å². The number of carbonyl (C=O) groups is 2. The van der Waals surface area contributed by atoms with Gasteiger partial charge in [-0.2, -0.15) is 0 Å². The first-order chi connectivity index (χ1) is 9.08. The maximum atomic E-state index is 12.2. The van der Waals surface area contributed by atoms with Gasteiger partial charge in [-0.1, -0.05) is 0 Å². The van der Waals surface area contributed by atoms with Crippen molar-refractivity contribution in [2.75, 3.05) is 39.9 Å². The van der Waals surface area contributed by atoms with Crippen LogP contribution in [-0.4, -0.2) is 78.9 Å². The lowest BCUT2D eigenvalue weighted by molar-refractivity contribution is -0.147. The number of hydrogen-bond acceptors (Lipinski definition) is 4. The Labute approximate surface area is 112 Å². The molecule has 2 saturated heterocycles. The number of piperidine rings is 1. The molecule has 0 radical (unpaired) electrons. The van der Waals surface area contributed by atoms with Crippen LogP contribution in [0.2, 0.25) is 0 Å². The van der Waals surface area contributed by atoms with E-state index in [1.807, 2.05) is 7.05 Å². The Hall–Kier alpha value is -1.34. The van der Waals surface area contributed by atoms with Crippen molar-refractivity contribution in [1.82, 2.24) is 15.1 Å². The van der Waals surface area contributed by atoms with Crippen LogP contribution in [0.3, 0.4) is 0 Å². The zero-order valence-electron chi connectivity index (χ0n) is 11.2. The van der Waals surface area contributed by atoms with Crippen LogP contribution in [0, 0.1) is 0 Å². The monoisotopic (exact) mass is 271 g/mol. The summed E-state index contributed by atoms with van der Waals surface area (Å²) in [5.74, 6) is -1.02. The second kappa shape index (κ2) is 6.21. The Morgan fingerprint density at radius 2 is 2.16 bits per heavy atom. The molecule has 2 rings (SSSR count). The molecule has 2 N–H and O–H groups in total. The van der Waals surface area contributed by atoms with Gasteiger partial charge in [-0.3, -0.25) is 0 Å². The van der Waals surface area contributed by atoms with Crippen molar-refractivity contribution in [3.05, 3.63) is 0 Å². The number of carbonyl (C=O) groups excluding carboxylic acids is 1. The number of ether oxygens (including phenoxy) is 1. The number of nitrogens with one attached hydrogen (secondary N) is 1. The van der Waals surface area contributed by atoms with Crippen LogP contribution in [0.5, 0.6) is 0 Å². The highest BCUT2D eigenvalue weighted by atomic mass is 16.5. The molecular formula is C12H21N3O4. The van der Waals surface area contributed by atoms with Crippen molar-refractivity contribution < 1.29 is 19.4 Å². The van der Waals surface area contributed by atoms with E-state index in [2.05, 4.69) is 10.2 Å². The fraction of sp³-hybridized carbons (Fsp3) is 0.833. The molecule has 0 bridgehead atoms. The van der Waals surface area contributed by atoms with Gasteiger partial charge in [-0.05, 0) is 26.4 Å². The first kappa shape index (κ1) is 14.1. The number of aliphatic carboxylic acids is 1. The van der Waals surface area contributed by atoms with Gasteiger partial charge in [0.15, 0.2) is 6.04 Å². The smallest absolute Gasteiger partial charge is 0.328 e. The maximum absolute atomic E-state index is 12.2. The number of carboxylic acids is 1. The molecule has 2 unspecified atom stereocenters. The number of rotatable bonds is 2. The number of carboxylic acid groups (broad SMARTS) is 1. The second-order valence-corrected chi connectivity index (χ2v) is 5.17. The molecule has 2 amide bonds. The number of amides is 2. The minimum atomic E-state index is -1.02. The summed E-state index contributed by atoms with van der Waals surface area (Å²) >= 11 is 0. The normalized spacial score (nSPS) is 29.0. The van der Waals surface area contributed by atoms with Crippen LogP contribution in [0.25, 0.3) is 0 Å². The van der Waals surface area contributed by atoms with E-state index in [9.17, 15) is 9.59 Å². The SMILES string of the molecule is CN1CCCC(NC(=O)N2CCOCC2C(=O)O)C1. The highest BCUT2D eigenvalue weighted by Gasteiger charge is 2.33. The molecule has 2 aliphatic heterocycles. The average molecular weight is 271 g/mol. The highest BCUT2D eigenvalue weighted by molar-refractivity contribution is 5.83. The van der Waals surface area contributed by atoms with E-state index in [0.717, 1.165) is 25.9 Å². The maximum Gasteiger partial charge on any atom is 0.328 e. The topological polar surface area (TPSA) is 82.1 Å². The molecule has 19 heavy (non-hydrogen) atoms. The summed E-state index contributed by atoms with van der Waals surface area (Å²) in [6.07, 6.45) is 1.99. The zero-order chi connectivity index (χ0) is 13.8. The van der Waals surface area contributed by atoms with Crippen molar-refractivity contribution in [2.24, 2.45) is 0 Å². The third-order valence-corrected chi connectivity index (χ3v) is 3.63. The van der Waals surface area contributed by atoms with Gasteiger partial charge in [0.1, 0.15) is 0 Å². The molecule has 2 atom stereocenters. The van der Waals surface area contributed by atoms with Crippen molar-refractivity contribution >= 4 is 12.0 Å². The van der Waals surface area contributed by atoms with Crippen LogP contribution >= 0.6 is 0 Å². The third-order valence-electron chi connectivity index (χ3n) is 3.63. The fourth-order valence-electron chi connectivity index (χ4n) is 2.59. The molecule has 0 aliphatic carbocycles. The molecule has 2 heterocycles. The van der Waals surface area contributed by atoms with Crippen LogP contribution in [0.1, 0.15) is 12.8 Å². The van der Waals surface area contributed by atoms with Gasteiger partial charge in [0.2, 0.25) is 0 Å². The molecule has 0 aromatic rings. The van der Waals surface area contributed by atoms with E-state index in [0.29, 0.717) is 13.2 Å². The molecule has 108 valence electrons. The molecule has 7 heteroatoms. The van der Waals surface area contributed by atoms with Crippen LogP contribution in [0.15, 0.2) is 0 Å². The Balaban J connectivity index is 1.92. The predicted octanol–water partition coefficient (Wildman–Crippen LogP) is -0.424. The van der Waals surface area contributed by atoms with Gasteiger partial charge in [0.25, 0.3) is 0 Å². The second-order valence-electron chi connectivity index (χ2n) is 5.17. The highest BCUT2D eigenvalue weighted by Crippen LogP contribution is 2.11. The van der Waals surface area contributed by atoms with E-state index >= 15 is 0 Å². The Bertz CT molecular complexity index is 350. The van der Waals surface area contributed by atoms with Crippen LogP contribution in [0.4, 0.5) is 4.79 Å². The van der Waals surface area contributed by atoms with E-state index in [1.165, 1.54) is 4.90 Å². The summed E-state index contributed by atoms with van der Waals surface area (Å²) in [6, 6.07) is -1.07. The van der Waals surface area contributed by atoms with Gasteiger partial charge in [0.05, 0.1) is 13.2 Å². The first-order valence-electron chi connectivity index (χ1n) is 6.64. The molecule has 2 fully saturated rings. The molecular weight excluding hydrogens is 250 g/mol. The first-order valence-corrected chi connectivity index (χ1v) is 6.64. The zero-order valence-corrected chi connectivity index (χ0v) is 11.2. The van der Waals surface area contributed by atoms with E-state index in [-0.39, 0.29) is 18.7 Å². The summed E-state index contributed by atoms with van der Waals surface area (Å²) in [5.41, 5.74) is 0. The van der Waals surface area contributed by atoms with E-state index in [1.54, 1.807) is 0 Å². The van der Waals surface area contributed by atoms with Gasteiger partial charge >= 0.3 is 12.0 Å². The minimum Gasteiger partial charge on any atom is -0.480 e. The number of morpholine rings is 1. The minimum absolute atomic E-state index is 0.0628. The summed E-state index contributed by atoms with van der Waals surface area (Å²) in [5, 5.41) is 12.0. The molecule has 2 aliphatic rings. The molecule has 0 aromatic heterocycles. The number of likely N-dealkylation sites (N-methyl/N-ethyl adjacent to an activating group) is 1. The molecule has 0 saturated carbocycles. The van der Waals surface area contributed by atoms with E-state index in [4.69, 9.17) is 9.84 Å². The predicted molar refractivity (Wildman–Crippen MR) is 68.0 cm³/mol. The Morgan fingerprint density at radius 3 is 2.84 bits per heavy atom. The van der Waals surface area contributed by atoms with Crippen LogP contribution < -0.4 is 5.32 Å². The fourth-order valence-corrected chi connectivity index (χ4v) is 2.59. The van der Waals surface area contributed by atoms with E-state index < -0.39 is 12.0 Å². The largest absolute Gasteiger partial charge is 0.480 e. The number of nitrogens with zero attached hydrogens (tertiary/aromatic N) is 2. The average Bonchev–Trinajstić information content (AvgIpc) is 2.38. The number of hydrogen-bond donors (Lipinski definition) is 2. The summed E-state index contributed by atoms with van der Waals surface area (Å²) in [7, 11) is 2.02. The number of urea groups is 1. The molecule has 7 nitrogen and oxygen atoms in total. The van der Waals surface area contributed by atoms with Crippen molar-refractivity contribution in [3.63, 3.8) is 0 Å². The molecule has 0 spiro atoms. The Kier molecular flexibility index (Phi) is 4.60. The standard InChI is InChI=1S/C12H21N3O4/c1-14-4-2-3-9(7-14)13-12(18)15-5-6-19-8-10(15)11(16)17/h9-10H,2-8H2,1H3,(H,13,18)(H,16,17). The summed E-state index contributed by atoms with van der Waals surface area (Å²) < 4.78 is 5.12. The van der Waals surface area contributed by atoms with Crippen LogP contribution in [-0.2, 0) is 9.53 Å². The lowest BCUT2D eigenvalue weighted by Crippen LogP contribution is -2.58. The number of likely N-dealkylation sites (tertiary alicyclic amines) is 1. The van der Waals surface area contributed by atoms with Crippen molar-refractivity contribution in [2.45, 2.75) is 24.9 Å². The quantitative estimate of drug-likeness (QED) is 0.712. The van der Waals surface area contributed by atoms with Gasteiger partial charge in [-0.15, -0.1) is 0 Å². The third kappa shape index (κ3) is 3.57.